The summed E-state index contributed by atoms with van der Waals surface area (Å²) in [4.78, 5) is 4.36. The first-order valence-electron chi connectivity index (χ1n) is 7.55. The molecule has 8 heteroatoms. The van der Waals surface area contributed by atoms with Gasteiger partial charge < -0.3 is 5.11 Å². The smallest absolute Gasteiger partial charge is 0.417 e. The Morgan fingerprint density at radius 3 is 2.52 bits per heavy atom. The van der Waals surface area contributed by atoms with E-state index in [1.54, 1.807) is 12.1 Å². The van der Waals surface area contributed by atoms with Crippen LogP contribution in [-0.4, -0.2) is 14.5 Å². The zero-order valence-electron chi connectivity index (χ0n) is 13.5. The molecule has 0 fully saturated rings. The molecule has 3 rings (SSSR count). The molecule has 0 aliphatic heterocycles. The third-order valence-corrected chi connectivity index (χ3v) is 3.58. The first-order valence-corrected chi connectivity index (χ1v) is 7.55. The molecule has 0 saturated carbocycles. The SMILES string of the molecule is CC(C)c1nc2ccc(C(F)(F)F)cn2c1N=Nc1cccc(O)c1. The lowest BCUT2D eigenvalue weighted by Crippen LogP contribution is -2.06. The molecule has 1 aromatic carbocycles. The molecule has 0 aliphatic carbocycles. The average Bonchev–Trinajstić information content (AvgIpc) is 2.90. The van der Waals surface area contributed by atoms with Crippen molar-refractivity contribution >= 4 is 17.2 Å². The van der Waals surface area contributed by atoms with Crippen molar-refractivity contribution in [1.29, 1.82) is 0 Å². The van der Waals surface area contributed by atoms with Gasteiger partial charge in [-0.1, -0.05) is 19.9 Å². The number of alkyl halides is 3. The van der Waals surface area contributed by atoms with E-state index >= 15 is 0 Å². The van der Waals surface area contributed by atoms with Crippen LogP contribution < -0.4 is 0 Å². The van der Waals surface area contributed by atoms with E-state index in [1.807, 2.05) is 13.8 Å². The van der Waals surface area contributed by atoms with E-state index in [2.05, 4.69) is 15.2 Å². The number of aromatic nitrogens is 2. The molecule has 25 heavy (non-hydrogen) atoms. The highest BCUT2D eigenvalue weighted by Crippen LogP contribution is 2.34. The second kappa shape index (κ2) is 6.19. The van der Waals surface area contributed by atoms with Gasteiger partial charge in [-0.05, 0) is 30.2 Å². The van der Waals surface area contributed by atoms with Crippen molar-refractivity contribution in [3.05, 3.63) is 53.9 Å². The zero-order valence-corrected chi connectivity index (χ0v) is 13.5. The normalized spacial score (nSPS) is 12.6. The Morgan fingerprint density at radius 2 is 1.88 bits per heavy atom. The van der Waals surface area contributed by atoms with Crippen molar-refractivity contribution in [3.8, 4) is 5.75 Å². The number of rotatable bonds is 3. The highest BCUT2D eigenvalue weighted by atomic mass is 19.4. The van der Waals surface area contributed by atoms with Gasteiger partial charge in [0.05, 0.1) is 16.9 Å². The summed E-state index contributed by atoms with van der Waals surface area (Å²) < 4.78 is 40.3. The molecular formula is C17H15F3N4O. The van der Waals surface area contributed by atoms with Crippen LogP contribution in [0.3, 0.4) is 0 Å². The summed E-state index contributed by atoms with van der Waals surface area (Å²) in [6.45, 7) is 3.75. The Balaban J connectivity index is 2.15. The molecule has 0 aliphatic rings. The average molecular weight is 348 g/mol. The van der Waals surface area contributed by atoms with Gasteiger partial charge in [0.2, 0.25) is 0 Å². The largest absolute Gasteiger partial charge is 0.508 e. The number of phenolic OH excluding ortho intramolecular Hbond substituents is 1. The van der Waals surface area contributed by atoms with Gasteiger partial charge in [-0.2, -0.15) is 13.2 Å². The fourth-order valence-electron chi connectivity index (χ4n) is 2.37. The van der Waals surface area contributed by atoms with Crippen LogP contribution in [0, 0.1) is 0 Å². The predicted octanol–water partition coefficient (Wildman–Crippen LogP) is 5.60. The second-order valence-corrected chi connectivity index (χ2v) is 5.84. The van der Waals surface area contributed by atoms with Crippen LogP contribution in [0.15, 0.2) is 52.8 Å². The van der Waals surface area contributed by atoms with Gasteiger partial charge in [0, 0.05) is 12.3 Å². The number of phenols is 1. The molecular weight excluding hydrogens is 333 g/mol. The lowest BCUT2D eigenvalue weighted by atomic mass is 10.1. The van der Waals surface area contributed by atoms with Crippen LogP contribution in [0.4, 0.5) is 24.7 Å². The van der Waals surface area contributed by atoms with E-state index in [0.29, 0.717) is 17.0 Å². The van der Waals surface area contributed by atoms with E-state index < -0.39 is 11.7 Å². The number of pyridine rings is 1. The number of imidazole rings is 1. The van der Waals surface area contributed by atoms with Crippen molar-refractivity contribution in [1.82, 2.24) is 9.38 Å². The number of fused-ring (bicyclic) bond motifs is 1. The summed E-state index contributed by atoms with van der Waals surface area (Å²) in [6.07, 6.45) is -3.50. The number of nitrogens with zero attached hydrogens (tertiary/aromatic N) is 4. The molecule has 0 bridgehead atoms. The molecule has 5 nitrogen and oxygen atoms in total. The molecule has 1 N–H and O–H groups in total. The Morgan fingerprint density at radius 1 is 1.12 bits per heavy atom. The Hall–Kier alpha value is -2.90. The maximum absolute atomic E-state index is 13.0. The molecule has 0 amide bonds. The number of hydrogen-bond donors (Lipinski definition) is 1. The minimum Gasteiger partial charge on any atom is -0.508 e. The van der Waals surface area contributed by atoms with Gasteiger partial charge in [-0.15, -0.1) is 10.2 Å². The Labute approximate surface area is 141 Å². The van der Waals surface area contributed by atoms with E-state index in [9.17, 15) is 18.3 Å². The van der Waals surface area contributed by atoms with E-state index in [-0.39, 0.29) is 17.5 Å². The number of hydrogen-bond acceptors (Lipinski definition) is 4. The molecule has 0 atom stereocenters. The molecule has 3 aromatic rings. The van der Waals surface area contributed by atoms with Crippen LogP contribution in [0.5, 0.6) is 5.75 Å². The topological polar surface area (TPSA) is 62.2 Å². The maximum Gasteiger partial charge on any atom is 0.417 e. The van der Waals surface area contributed by atoms with Gasteiger partial charge in [-0.25, -0.2) is 4.98 Å². The molecule has 2 heterocycles. The highest BCUT2D eigenvalue weighted by molar-refractivity contribution is 5.54. The lowest BCUT2D eigenvalue weighted by Gasteiger charge is -2.07. The summed E-state index contributed by atoms with van der Waals surface area (Å²) in [5.74, 6) is 0.213. The van der Waals surface area contributed by atoms with Crippen LogP contribution >= 0.6 is 0 Å². The lowest BCUT2D eigenvalue weighted by molar-refractivity contribution is -0.137. The van der Waals surface area contributed by atoms with Gasteiger partial charge >= 0.3 is 6.18 Å². The molecule has 130 valence electrons. The Kier molecular flexibility index (Phi) is 4.20. The first kappa shape index (κ1) is 16.9. The van der Waals surface area contributed by atoms with E-state index in [0.717, 1.165) is 12.3 Å². The minimum atomic E-state index is -4.46. The molecule has 2 aromatic heterocycles. The summed E-state index contributed by atoms with van der Waals surface area (Å²) in [6, 6.07) is 8.42. The van der Waals surface area contributed by atoms with Gasteiger partial charge in [-0.3, -0.25) is 4.40 Å². The number of aromatic hydroxyl groups is 1. The van der Waals surface area contributed by atoms with Gasteiger partial charge in [0.25, 0.3) is 0 Å². The highest BCUT2D eigenvalue weighted by Gasteiger charge is 2.31. The predicted molar refractivity (Wildman–Crippen MR) is 86.6 cm³/mol. The number of halogens is 3. The van der Waals surface area contributed by atoms with Gasteiger partial charge in [0.1, 0.15) is 11.4 Å². The molecule has 0 unspecified atom stereocenters. The summed E-state index contributed by atoms with van der Waals surface area (Å²) in [5, 5.41) is 17.6. The van der Waals surface area contributed by atoms with E-state index in [1.165, 1.54) is 22.6 Å². The van der Waals surface area contributed by atoms with Crippen molar-refractivity contribution in [2.24, 2.45) is 10.2 Å². The first-order chi connectivity index (χ1) is 11.8. The van der Waals surface area contributed by atoms with Crippen LogP contribution in [0.2, 0.25) is 0 Å². The maximum atomic E-state index is 13.0. The summed E-state index contributed by atoms with van der Waals surface area (Å²) in [5.41, 5.74) is 0.503. The van der Waals surface area contributed by atoms with E-state index in [4.69, 9.17) is 0 Å². The van der Waals surface area contributed by atoms with Crippen LogP contribution in [0.25, 0.3) is 5.65 Å². The monoisotopic (exact) mass is 348 g/mol. The van der Waals surface area contributed by atoms with Crippen molar-refractivity contribution in [3.63, 3.8) is 0 Å². The van der Waals surface area contributed by atoms with Crippen molar-refractivity contribution < 1.29 is 18.3 Å². The second-order valence-electron chi connectivity index (χ2n) is 5.84. The summed E-state index contributed by atoms with van der Waals surface area (Å²) in [7, 11) is 0. The standard InChI is InChI=1S/C17H15F3N4O/c1-10(2)15-16(23-22-12-4-3-5-13(25)8-12)24-9-11(17(18,19)20)6-7-14(24)21-15/h3-10,25H,1-2H3. The van der Waals surface area contributed by atoms with Gasteiger partial charge in [0.15, 0.2) is 5.82 Å². The third-order valence-electron chi connectivity index (χ3n) is 3.58. The minimum absolute atomic E-state index is 0.0260. The third kappa shape index (κ3) is 3.47. The van der Waals surface area contributed by atoms with Crippen molar-refractivity contribution in [2.45, 2.75) is 25.9 Å². The number of azo groups is 1. The summed E-state index contributed by atoms with van der Waals surface area (Å²) >= 11 is 0. The molecule has 0 saturated heterocycles. The zero-order chi connectivity index (χ0) is 18.2. The quantitative estimate of drug-likeness (QED) is 0.627. The number of benzene rings is 1. The molecule has 0 radical (unpaired) electrons. The van der Waals surface area contributed by atoms with Crippen LogP contribution in [0.1, 0.15) is 31.0 Å². The fraction of sp³-hybridized carbons (Fsp3) is 0.235. The Bertz CT molecular complexity index is 945. The molecule has 0 spiro atoms. The van der Waals surface area contributed by atoms with Crippen LogP contribution in [-0.2, 0) is 6.18 Å². The fourth-order valence-corrected chi connectivity index (χ4v) is 2.37. The van der Waals surface area contributed by atoms with Crippen molar-refractivity contribution in [2.75, 3.05) is 0 Å².